The molecule has 0 aromatic rings. The Kier molecular flexibility index (Phi) is 5.88. The lowest BCUT2D eigenvalue weighted by Gasteiger charge is -2.25. The predicted octanol–water partition coefficient (Wildman–Crippen LogP) is -0.649. The van der Waals surface area contributed by atoms with Crippen molar-refractivity contribution in [2.24, 2.45) is 0 Å². The number of nitrogens with zero attached hydrogens (tertiary/aromatic N) is 1. The van der Waals surface area contributed by atoms with Gasteiger partial charge in [-0.1, -0.05) is 0 Å². The van der Waals surface area contributed by atoms with Crippen LogP contribution in [0.3, 0.4) is 0 Å². The summed E-state index contributed by atoms with van der Waals surface area (Å²) in [6.07, 6.45) is -0.914. The van der Waals surface area contributed by atoms with Crippen LogP contribution in [0.4, 0.5) is 0 Å². The van der Waals surface area contributed by atoms with Gasteiger partial charge in [-0.05, 0) is 0 Å². The van der Waals surface area contributed by atoms with Gasteiger partial charge < -0.3 is 20.2 Å². The number of carboxylic acids is 1. The van der Waals surface area contributed by atoms with Crippen molar-refractivity contribution in [1.29, 1.82) is 0 Å². The first-order valence-corrected chi connectivity index (χ1v) is 3.51. The molecule has 5 nitrogen and oxygen atoms in total. The summed E-state index contributed by atoms with van der Waals surface area (Å²) in [6, 6.07) is 0. The lowest BCUT2D eigenvalue weighted by atomic mass is 10.2. The second kappa shape index (κ2) is 5.08. The molecule has 0 fully saturated rings. The fourth-order valence-electron chi connectivity index (χ4n) is 0.898. The molecule has 0 saturated heterocycles. The highest BCUT2D eigenvalue weighted by Gasteiger charge is 2.17. The fraction of sp³-hybridized carbons (Fsp3) is 0.857. The Labute approximate surface area is 72.1 Å². The first-order valence-electron chi connectivity index (χ1n) is 3.51. The Hall–Kier alpha value is -0.650. The number of hydrogen-bond donors (Lipinski definition) is 2. The molecule has 0 unspecified atom stereocenters. The van der Waals surface area contributed by atoms with Crippen LogP contribution in [0.5, 0.6) is 0 Å². The zero-order valence-electron chi connectivity index (χ0n) is 7.69. The SMILES string of the molecule is C[N+](C)(C)C[C@@H](O)CC(=O)O.[OH-]. The van der Waals surface area contributed by atoms with E-state index in [4.69, 9.17) is 10.2 Å². The Morgan fingerprint density at radius 3 is 2.08 bits per heavy atom. The second-order valence-electron chi connectivity index (χ2n) is 3.72. The van der Waals surface area contributed by atoms with Gasteiger partial charge in [-0.3, -0.25) is 4.79 Å². The van der Waals surface area contributed by atoms with E-state index in [2.05, 4.69) is 0 Å². The summed E-state index contributed by atoms with van der Waals surface area (Å²) in [5, 5.41) is 17.5. The van der Waals surface area contributed by atoms with E-state index in [0.717, 1.165) is 0 Å². The molecule has 0 amide bonds. The van der Waals surface area contributed by atoms with Gasteiger partial charge in [-0.15, -0.1) is 0 Å². The highest BCUT2D eigenvalue weighted by molar-refractivity contribution is 5.67. The summed E-state index contributed by atoms with van der Waals surface area (Å²) in [7, 11) is 5.72. The molecule has 0 saturated carbocycles. The summed E-state index contributed by atoms with van der Waals surface area (Å²) < 4.78 is 0.578. The van der Waals surface area contributed by atoms with E-state index in [1.54, 1.807) is 0 Å². The van der Waals surface area contributed by atoms with E-state index in [9.17, 15) is 4.79 Å². The fourth-order valence-corrected chi connectivity index (χ4v) is 0.898. The normalized spacial score (nSPS) is 13.3. The summed E-state index contributed by atoms with van der Waals surface area (Å²) in [5.41, 5.74) is 0. The molecule has 5 heteroatoms. The first-order chi connectivity index (χ1) is 4.81. The molecule has 0 aliphatic rings. The van der Waals surface area contributed by atoms with Gasteiger partial charge in [0.15, 0.2) is 0 Å². The van der Waals surface area contributed by atoms with Crippen molar-refractivity contribution in [3.8, 4) is 0 Å². The lowest BCUT2D eigenvalue weighted by molar-refractivity contribution is -0.873. The third-order valence-electron chi connectivity index (χ3n) is 1.17. The molecule has 12 heavy (non-hydrogen) atoms. The van der Waals surface area contributed by atoms with Crippen molar-refractivity contribution in [2.45, 2.75) is 12.5 Å². The van der Waals surface area contributed by atoms with Crippen LogP contribution in [0.2, 0.25) is 0 Å². The number of aliphatic hydroxyl groups is 1. The van der Waals surface area contributed by atoms with E-state index in [0.29, 0.717) is 11.0 Å². The molecule has 0 aromatic heterocycles. The van der Waals surface area contributed by atoms with E-state index < -0.39 is 12.1 Å². The smallest absolute Gasteiger partial charge is 0.306 e. The predicted molar refractivity (Wildman–Crippen MR) is 43.1 cm³/mol. The lowest BCUT2D eigenvalue weighted by Crippen LogP contribution is -2.42. The molecule has 0 radical (unpaired) electrons. The molecule has 74 valence electrons. The van der Waals surface area contributed by atoms with Crippen LogP contribution < -0.4 is 0 Å². The zero-order valence-corrected chi connectivity index (χ0v) is 7.69. The van der Waals surface area contributed by atoms with E-state index in [1.807, 2.05) is 21.1 Å². The molecule has 0 bridgehead atoms. The topological polar surface area (TPSA) is 87.5 Å². The average Bonchev–Trinajstić information content (AvgIpc) is 1.53. The van der Waals surface area contributed by atoms with Crippen molar-refractivity contribution in [3.05, 3.63) is 0 Å². The number of likely N-dealkylation sites (N-methyl/N-ethyl adjacent to an activating group) is 1. The van der Waals surface area contributed by atoms with Gasteiger partial charge in [0, 0.05) is 0 Å². The highest BCUT2D eigenvalue weighted by atomic mass is 16.4. The van der Waals surface area contributed by atoms with Gasteiger partial charge in [-0.2, -0.15) is 0 Å². The van der Waals surface area contributed by atoms with Gasteiger partial charge in [0.05, 0.1) is 27.6 Å². The molecular weight excluding hydrogens is 162 g/mol. The summed E-state index contributed by atoms with van der Waals surface area (Å²) in [5.74, 6) is -0.953. The number of carbonyl (C=O) groups is 1. The van der Waals surface area contributed by atoms with Crippen LogP contribution in [0.1, 0.15) is 6.42 Å². The number of aliphatic carboxylic acids is 1. The number of aliphatic hydroxyl groups excluding tert-OH is 1. The molecular formula is C7H17NO4. The Balaban J connectivity index is 0. The minimum Gasteiger partial charge on any atom is -0.870 e. The van der Waals surface area contributed by atoms with Crippen LogP contribution in [0, 0.1) is 0 Å². The van der Waals surface area contributed by atoms with Gasteiger partial charge in [-0.25, -0.2) is 0 Å². The van der Waals surface area contributed by atoms with Crippen LogP contribution in [-0.4, -0.2) is 59.9 Å². The average molecular weight is 179 g/mol. The Morgan fingerprint density at radius 2 is 1.83 bits per heavy atom. The molecule has 3 N–H and O–H groups in total. The summed E-state index contributed by atoms with van der Waals surface area (Å²) in [6.45, 7) is 0.465. The Morgan fingerprint density at radius 1 is 1.42 bits per heavy atom. The maximum atomic E-state index is 10.1. The first kappa shape index (κ1) is 13.9. The van der Waals surface area contributed by atoms with E-state index in [1.165, 1.54) is 0 Å². The third-order valence-corrected chi connectivity index (χ3v) is 1.17. The minimum atomic E-state index is -0.953. The van der Waals surface area contributed by atoms with Crippen molar-refractivity contribution in [1.82, 2.24) is 0 Å². The van der Waals surface area contributed by atoms with E-state index in [-0.39, 0.29) is 11.9 Å². The molecule has 0 aromatic carbocycles. The molecule has 0 aliphatic carbocycles. The maximum absolute atomic E-state index is 10.1. The van der Waals surface area contributed by atoms with Crippen molar-refractivity contribution in [3.63, 3.8) is 0 Å². The van der Waals surface area contributed by atoms with Gasteiger partial charge in [0.2, 0.25) is 0 Å². The van der Waals surface area contributed by atoms with E-state index >= 15 is 0 Å². The minimum absolute atomic E-state index is 0. The van der Waals surface area contributed by atoms with Crippen LogP contribution in [0.25, 0.3) is 0 Å². The molecule has 0 aliphatic heterocycles. The van der Waals surface area contributed by atoms with Gasteiger partial charge >= 0.3 is 5.97 Å². The summed E-state index contributed by atoms with van der Waals surface area (Å²) in [4.78, 5) is 10.1. The molecule has 0 rings (SSSR count). The monoisotopic (exact) mass is 179 g/mol. The number of quaternary nitrogens is 1. The molecule has 1 atom stereocenters. The zero-order chi connectivity index (χ0) is 9.07. The molecule has 0 spiro atoms. The van der Waals surface area contributed by atoms with Crippen LogP contribution in [0.15, 0.2) is 0 Å². The van der Waals surface area contributed by atoms with Crippen molar-refractivity contribution in [2.75, 3.05) is 27.7 Å². The van der Waals surface area contributed by atoms with Crippen LogP contribution in [-0.2, 0) is 4.79 Å². The molecule has 0 heterocycles. The second-order valence-corrected chi connectivity index (χ2v) is 3.72. The number of hydrogen-bond acceptors (Lipinski definition) is 3. The van der Waals surface area contributed by atoms with Crippen LogP contribution >= 0.6 is 0 Å². The van der Waals surface area contributed by atoms with Gasteiger partial charge in [0.1, 0.15) is 12.6 Å². The third kappa shape index (κ3) is 9.35. The Bertz CT molecular complexity index is 141. The highest BCUT2D eigenvalue weighted by Crippen LogP contribution is 1.98. The van der Waals surface area contributed by atoms with Gasteiger partial charge in [0.25, 0.3) is 0 Å². The van der Waals surface area contributed by atoms with Crippen molar-refractivity contribution >= 4 is 5.97 Å². The standard InChI is InChI=1S/C7H15NO3.H2O/c1-8(2,3)5-6(9)4-7(10)11;/h6,9H,4-5H2,1-3H3;1H2/t6-;/m0./s1. The number of carboxylic acid groups (broad SMARTS) is 1. The quantitative estimate of drug-likeness (QED) is 0.561. The van der Waals surface area contributed by atoms with Crippen molar-refractivity contribution < 1.29 is 25.0 Å². The maximum Gasteiger partial charge on any atom is 0.306 e. The largest absolute Gasteiger partial charge is 0.870 e. The summed E-state index contributed by atoms with van der Waals surface area (Å²) >= 11 is 0. The number of rotatable bonds is 4.